The number of benzene rings is 1. The standard InChI is InChI=1S/C25H23N7O/c33-22-5-1-4-18(22)28-19-12-24-27-13-21(19)32-20-8-9-23(29-24)30-25(20)31(32)14-15-6-7-17-16(11-15)3-2-10-26-17/h2-3,6-13,18,22,33H,1,4-5,14H2,(H2,27,28,29,30)/t18-,22-/m1/s1. The van der Waals surface area contributed by atoms with Gasteiger partial charge in [-0.1, -0.05) is 12.1 Å². The van der Waals surface area contributed by atoms with E-state index in [0.29, 0.717) is 6.54 Å². The molecule has 12 rings (SSSR count). The van der Waals surface area contributed by atoms with Gasteiger partial charge in [-0.3, -0.25) is 14.7 Å². The van der Waals surface area contributed by atoms with Crippen LogP contribution in [-0.4, -0.2) is 46.4 Å². The summed E-state index contributed by atoms with van der Waals surface area (Å²) in [4.78, 5) is 21.0. The van der Waals surface area contributed by atoms with Gasteiger partial charge < -0.3 is 15.1 Å². The highest BCUT2D eigenvalue weighted by molar-refractivity contribution is 5.81. The van der Waals surface area contributed by atoms with Crippen molar-refractivity contribution in [2.45, 2.75) is 38.0 Å². The number of rotatable bonds is 3. The number of nitrogens with zero attached hydrogens (tertiary/aromatic N) is 5. The molecule has 11 aromatic rings. The molecular formula is C25H23N7O. The van der Waals surface area contributed by atoms with E-state index in [4.69, 9.17) is 9.98 Å². The van der Waals surface area contributed by atoms with Crippen LogP contribution >= 0.6 is 0 Å². The molecule has 0 saturated heterocycles. The molecule has 164 valence electrons. The fourth-order valence-corrected chi connectivity index (χ4v) is 5.05. The molecule has 6 bridgehead atoms. The Kier molecular flexibility index (Phi) is 3.98. The van der Waals surface area contributed by atoms with E-state index in [0.717, 1.165) is 63.5 Å². The van der Waals surface area contributed by atoms with E-state index >= 15 is 0 Å². The summed E-state index contributed by atoms with van der Waals surface area (Å²) in [5, 5.41) is 12.4. The maximum atomic E-state index is 10.4. The zero-order chi connectivity index (χ0) is 21.9. The van der Waals surface area contributed by atoms with Crippen LogP contribution < -0.4 is 5.36 Å². The Labute approximate surface area is 188 Å². The highest BCUT2D eigenvalue weighted by Crippen LogP contribution is 2.24. The van der Waals surface area contributed by atoms with Gasteiger partial charge in [0.2, 0.25) is 0 Å². The number of aliphatic hydroxyl groups is 1. The third-order valence-corrected chi connectivity index (χ3v) is 6.72. The second kappa shape index (κ2) is 7.05. The Morgan fingerprint density at radius 3 is 2.97 bits per heavy atom. The zero-order valence-electron chi connectivity index (χ0n) is 17.9. The van der Waals surface area contributed by atoms with E-state index in [-0.39, 0.29) is 12.1 Å². The number of hydrogen-bond donors (Lipinski definition) is 3. The summed E-state index contributed by atoms with van der Waals surface area (Å²) in [5.74, 6) is 0. The molecule has 1 saturated carbocycles. The average Bonchev–Trinajstić information content (AvgIpc) is 3.25. The number of nitrogens with one attached hydrogen (secondary N) is 2. The van der Waals surface area contributed by atoms with Gasteiger partial charge in [0.15, 0.2) is 5.65 Å². The minimum atomic E-state index is -0.374. The van der Waals surface area contributed by atoms with E-state index < -0.39 is 0 Å². The first-order valence-corrected chi connectivity index (χ1v) is 11.4. The number of fused-ring (bicyclic) bond motifs is 1. The summed E-state index contributed by atoms with van der Waals surface area (Å²) in [5.41, 5.74) is 6.68. The van der Waals surface area contributed by atoms with Crippen molar-refractivity contribution in [3.05, 3.63) is 71.8 Å². The Balaban J connectivity index is 1.47. The van der Waals surface area contributed by atoms with Gasteiger partial charge in [-0.05, 0) is 55.2 Å². The smallest absolute Gasteiger partial charge is 0.176 e. The number of aromatic nitrogens is 6. The highest BCUT2D eigenvalue weighted by atomic mass is 16.3. The zero-order valence-corrected chi connectivity index (χ0v) is 17.9. The van der Waals surface area contributed by atoms with E-state index in [1.165, 1.54) is 5.56 Å². The summed E-state index contributed by atoms with van der Waals surface area (Å²) < 4.78 is 4.35. The van der Waals surface area contributed by atoms with Crippen LogP contribution in [0, 0.1) is 0 Å². The predicted octanol–water partition coefficient (Wildman–Crippen LogP) is 3.51. The van der Waals surface area contributed by atoms with Crippen molar-refractivity contribution in [1.29, 1.82) is 0 Å². The van der Waals surface area contributed by atoms with Gasteiger partial charge in [0.25, 0.3) is 0 Å². The van der Waals surface area contributed by atoms with E-state index in [9.17, 15) is 5.11 Å². The molecular weight excluding hydrogens is 414 g/mol. The van der Waals surface area contributed by atoms with E-state index in [1.54, 1.807) is 0 Å². The summed E-state index contributed by atoms with van der Waals surface area (Å²) in [6, 6.07) is 16.4. The van der Waals surface area contributed by atoms with Crippen molar-refractivity contribution in [2.24, 2.45) is 4.99 Å². The molecule has 0 unspecified atom stereocenters. The summed E-state index contributed by atoms with van der Waals surface area (Å²) in [7, 11) is 0. The second-order valence-electron chi connectivity index (χ2n) is 8.88. The van der Waals surface area contributed by atoms with Crippen LogP contribution in [-0.2, 0) is 6.54 Å². The third-order valence-electron chi connectivity index (χ3n) is 6.72. The lowest BCUT2D eigenvalue weighted by atomic mass is 10.1. The normalized spacial score (nSPS) is 19.6. The Morgan fingerprint density at radius 1 is 1.09 bits per heavy atom. The van der Waals surface area contributed by atoms with Crippen LogP contribution in [0.3, 0.4) is 0 Å². The van der Waals surface area contributed by atoms with Crippen molar-refractivity contribution in [3.63, 3.8) is 0 Å². The van der Waals surface area contributed by atoms with Crippen LogP contribution in [0.2, 0.25) is 0 Å². The maximum Gasteiger partial charge on any atom is 0.176 e. The first kappa shape index (κ1) is 18.6. The molecule has 1 aromatic carbocycles. The molecule has 10 aromatic heterocycles. The molecule has 8 heteroatoms. The lowest BCUT2D eigenvalue weighted by Crippen LogP contribution is -2.25. The van der Waals surface area contributed by atoms with Gasteiger partial charge in [0.1, 0.15) is 22.3 Å². The first-order valence-electron chi connectivity index (χ1n) is 11.4. The highest BCUT2D eigenvalue weighted by Gasteiger charge is 2.24. The quantitative estimate of drug-likeness (QED) is 0.395. The fourth-order valence-electron chi connectivity index (χ4n) is 5.05. The van der Waals surface area contributed by atoms with Gasteiger partial charge >= 0.3 is 0 Å². The van der Waals surface area contributed by atoms with Crippen LogP contribution in [0.5, 0.6) is 0 Å². The van der Waals surface area contributed by atoms with E-state index in [2.05, 4.69) is 54.5 Å². The number of aromatic amines is 2. The molecule has 1 aliphatic rings. The van der Waals surface area contributed by atoms with Crippen molar-refractivity contribution in [3.8, 4) is 0 Å². The number of aliphatic hydroxyl groups excluding tert-OH is 1. The van der Waals surface area contributed by atoms with Crippen LogP contribution in [0.1, 0.15) is 24.8 Å². The Hall–Kier alpha value is -3.91. The third kappa shape index (κ3) is 2.98. The molecule has 1 aliphatic carbocycles. The number of H-pyrrole nitrogens is 2. The molecule has 0 spiro atoms. The topological polar surface area (TPSA) is 99.3 Å². The van der Waals surface area contributed by atoms with Crippen molar-refractivity contribution in [2.75, 3.05) is 0 Å². The SMILES string of the molecule is O[C@@H]1CCC[C@H]1N=c1cc2[nH]cc1n1c3ccc(nc3n1Cc1ccc3ncccc3c1)[nH]2. The molecule has 3 N–H and O–H groups in total. The Bertz CT molecular complexity index is 1720. The largest absolute Gasteiger partial charge is 0.391 e. The van der Waals surface area contributed by atoms with E-state index in [1.807, 2.05) is 30.6 Å². The van der Waals surface area contributed by atoms with Crippen LogP contribution in [0.25, 0.3) is 38.9 Å². The number of pyridine rings is 3. The Morgan fingerprint density at radius 2 is 2.06 bits per heavy atom. The molecule has 2 atom stereocenters. The molecule has 0 amide bonds. The van der Waals surface area contributed by atoms with Crippen molar-refractivity contribution in [1.82, 2.24) is 29.1 Å². The van der Waals surface area contributed by atoms with Crippen molar-refractivity contribution < 1.29 is 5.11 Å². The fraction of sp³-hybridized carbons (Fsp3) is 0.240. The minimum Gasteiger partial charge on any atom is -0.391 e. The molecule has 33 heavy (non-hydrogen) atoms. The average molecular weight is 438 g/mol. The molecule has 0 aliphatic heterocycles. The molecule has 10 heterocycles. The first-order chi connectivity index (χ1) is 16.2. The van der Waals surface area contributed by atoms with Gasteiger partial charge in [-0.2, -0.15) is 0 Å². The van der Waals surface area contributed by atoms with Crippen LogP contribution in [0.4, 0.5) is 0 Å². The van der Waals surface area contributed by atoms with Gasteiger partial charge in [0, 0.05) is 23.8 Å². The second-order valence-corrected chi connectivity index (χ2v) is 8.88. The van der Waals surface area contributed by atoms with Crippen LogP contribution in [0.15, 0.2) is 65.9 Å². The van der Waals surface area contributed by atoms with Gasteiger partial charge in [-0.15, -0.1) is 0 Å². The van der Waals surface area contributed by atoms with Gasteiger partial charge in [-0.25, -0.2) is 9.50 Å². The lowest BCUT2D eigenvalue weighted by Gasteiger charge is -2.22. The monoisotopic (exact) mass is 437 g/mol. The van der Waals surface area contributed by atoms with Crippen molar-refractivity contribution >= 4 is 38.9 Å². The summed E-state index contributed by atoms with van der Waals surface area (Å²) >= 11 is 0. The number of hydrogen-bond acceptors (Lipinski definition) is 4. The van der Waals surface area contributed by atoms with Gasteiger partial charge in [0.05, 0.1) is 29.6 Å². The lowest BCUT2D eigenvalue weighted by molar-refractivity contribution is 0.164. The summed E-state index contributed by atoms with van der Waals surface area (Å²) in [6.07, 6.45) is 6.17. The summed E-state index contributed by atoms with van der Waals surface area (Å²) in [6.45, 7) is 0.668. The predicted molar refractivity (Wildman–Crippen MR) is 127 cm³/mol. The molecule has 1 fully saturated rings. The molecule has 8 nitrogen and oxygen atoms in total. The molecule has 0 radical (unpaired) electrons. The minimum absolute atomic E-state index is 0.0665. The maximum absolute atomic E-state index is 10.4.